The van der Waals surface area contributed by atoms with Crippen LogP contribution in [0.15, 0.2) is 6.20 Å². The average Bonchev–Trinajstić information content (AvgIpc) is 2.29. The van der Waals surface area contributed by atoms with Gasteiger partial charge in [-0.2, -0.15) is 15.0 Å². The Hall–Kier alpha value is -1.01. The van der Waals surface area contributed by atoms with Gasteiger partial charge in [0.15, 0.2) is 0 Å². The predicted molar refractivity (Wildman–Crippen MR) is 41.6 cm³/mol. The Morgan fingerprint density at radius 3 is 2.46 bits per heavy atom. The molecule has 72 valence electrons. The van der Waals surface area contributed by atoms with E-state index in [1.165, 1.54) is 4.80 Å². The minimum Gasteiger partial charge on any atom is -0.444 e. The van der Waals surface area contributed by atoms with E-state index < -0.39 is 12.6 Å². The van der Waals surface area contributed by atoms with E-state index in [0.717, 1.165) is 25.5 Å². The van der Waals surface area contributed by atoms with Crippen molar-refractivity contribution in [2.24, 2.45) is 0 Å². The van der Waals surface area contributed by atoms with Gasteiger partial charge in [-0.05, 0) is 19.3 Å². The van der Waals surface area contributed by atoms with Crippen molar-refractivity contribution >= 4 is 12.6 Å². The fourth-order valence-electron chi connectivity index (χ4n) is 1.23. The molecule has 0 unspecified atom stereocenters. The van der Waals surface area contributed by atoms with Crippen molar-refractivity contribution in [2.45, 2.75) is 25.3 Å². The molecule has 1 aromatic rings. The van der Waals surface area contributed by atoms with Crippen LogP contribution in [0.25, 0.3) is 0 Å². The normalized spacial score (nSPS) is 18.7. The molecule has 3 nitrogen and oxygen atoms in total. The first-order chi connectivity index (χ1) is 6.07. The second kappa shape index (κ2) is 2.75. The van der Waals surface area contributed by atoms with Crippen molar-refractivity contribution in [1.29, 1.82) is 0 Å². The molecule has 2 rings (SSSR count). The van der Waals surface area contributed by atoms with Crippen molar-refractivity contribution in [3.63, 3.8) is 0 Å². The summed E-state index contributed by atoms with van der Waals surface area (Å²) in [6.07, 6.45) is 3.63. The molecule has 1 heterocycles. The average molecular weight is 190 g/mol. The summed E-state index contributed by atoms with van der Waals surface area (Å²) in [7, 11) is 0. The van der Waals surface area contributed by atoms with Crippen LogP contribution in [-0.2, 0) is 0 Å². The lowest BCUT2D eigenvalue weighted by Crippen LogP contribution is -2.36. The number of rotatable bonds is 2. The van der Waals surface area contributed by atoms with E-state index in [2.05, 4.69) is 10.2 Å². The number of halogens is 3. The third-order valence-electron chi connectivity index (χ3n) is 2.26. The highest BCUT2D eigenvalue weighted by molar-refractivity contribution is 6.72. The fraction of sp³-hybridized carbons (Fsp3) is 0.667. The van der Waals surface area contributed by atoms with Gasteiger partial charge >= 0.3 is 6.98 Å². The van der Waals surface area contributed by atoms with E-state index in [1.54, 1.807) is 0 Å². The zero-order valence-electron chi connectivity index (χ0n) is 6.83. The van der Waals surface area contributed by atoms with Crippen molar-refractivity contribution in [2.75, 3.05) is 0 Å². The standard InChI is InChI=1S/C6H8BF3N3/c8-7(9,10)6-4-11-13(12-6)5-2-1-3-5/h4-5H,1-3H2/q-1. The van der Waals surface area contributed by atoms with Crippen molar-refractivity contribution in [3.05, 3.63) is 6.20 Å². The van der Waals surface area contributed by atoms with Crippen LogP contribution in [-0.4, -0.2) is 22.0 Å². The van der Waals surface area contributed by atoms with Crippen LogP contribution in [0.5, 0.6) is 0 Å². The molecular formula is C6H8BF3N3-. The van der Waals surface area contributed by atoms with Gasteiger partial charge in [0.05, 0.1) is 6.04 Å². The molecule has 1 aromatic heterocycles. The molecule has 0 amide bonds. The van der Waals surface area contributed by atoms with Gasteiger partial charge in [0, 0.05) is 11.8 Å². The molecule has 1 fully saturated rings. The lowest BCUT2D eigenvalue weighted by molar-refractivity contribution is 0.262. The second-order valence-electron chi connectivity index (χ2n) is 3.25. The van der Waals surface area contributed by atoms with E-state index in [4.69, 9.17) is 0 Å². The lowest BCUT2D eigenvalue weighted by atomic mass is 9.87. The molecule has 7 heteroatoms. The molecule has 0 spiro atoms. The van der Waals surface area contributed by atoms with E-state index in [1.807, 2.05) is 0 Å². The minimum atomic E-state index is -4.99. The Kier molecular flexibility index (Phi) is 1.81. The maximum Gasteiger partial charge on any atom is 0.531 e. The first-order valence-electron chi connectivity index (χ1n) is 4.19. The molecule has 1 saturated carbocycles. The quantitative estimate of drug-likeness (QED) is 0.652. The highest BCUT2D eigenvalue weighted by Gasteiger charge is 2.31. The molecule has 1 aliphatic rings. The smallest absolute Gasteiger partial charge is 0.444 e. The van der Waals surface area contributed by atoms with Gasteiger partial charge in [0.2, 0.25) is 0 Å². The fourth-order valence-corrected chi connectivity index (χ4v) is 1.23. The van der Waals surface area contributed by atoms with Crippen LogP contribution in [0.1, 0.15) is 25.3 Å². The summed E-state index contributed by atoms with van der Waals surface area (Å²) in [6.45, 7) is -4.99. The predicted octanol–water partition coefficient (Wildman–Crippen LogP) is 1.06. The maximum absolute atomic E-state index is 12.1. The minimum absolute atomic E-state index is 0.0897. The van der Waals surface area contributed by atoms with E-state index in [-0.39, 0.29) is 6.04 Å². The Morgan fingerprint density at radius 1 is 1.38 bits per heavy atom. The molecule has 0 atom stereocenters. The second-order valence-corrected chi connectivity index (χ2v) is 3.25. The zero-order valence-corrected chi connectivity index (χ0v) is 6.83. The maximum atomic E-state index is 12.1. The van der Waals surface area contributed by atoms with Gasteiger partial charge in [0.25, 0.3) is 0 Å². The van der Waals surface area contributed by atoms with E-state index >= 15 is 0 Å². The Balaban J connectivity index is 2.17. The Bertz CT molecular complexity index is 304. The van der Waals surface area contributed by atoms with E-state index in [0.29, 0.717) is 0 Å². The Morgan fingerprint density at radius 2 is 2.08 bits per heavy atom. The molecule has 13 heavy (non-hydrogen) atoms. The Labute approximate surface area is 73.0 Å². The molecule has 0 N–H and O–H groups in total. The molecule has 0 aliphatic heterocycles. The summed E-state index contributed by atoms with van der Waals surface area (Å²) < 4.78 is 36.4. The summed E-state index contributed by atoms with van der Waals surface area (Å²) >= 11 is 0. The van der Waals surface area contributed by atoms with Crippen LogP contribution in [0.2, 0.25) is 0 Å². The van der Waals surface area contributed by atoms with Gasteiger partial charge < -0.3 is 12.9 Å². The van der Waals surface area contributed by atoms with Crippen LogP contribution >= 0.6 is 0 Å². The van der Waals surface area contributed by atoms with Crippen molar-refractivity contribution in [3.8, 4) is 0 Å². The summed E-state index contributed by atoms with van der Waals surface area (Å²) in [5, 5.41) is 7.02. The summed E-state index contributed by atoms with van der Waals surface area (Å²) in [5.41, 5.74) is -0.841. The highest BCUT2D eigenvalue weighted by atomic mass is 19.4. The number of hydrogen-bond acceptors (Lipinski definition) is 2. The van der Waals surface area contributed by atoms with Crippen molar-refractivity contribution in [1.82, 2.24) is 15.0 Å². The van der Waals surface area contributed by atoms with Gasteiger partial charge in [-0.3, -0.25) is 0 Å². The number of nitrogens with zero attached hydrogens (tertiary/aromatic N) is 3. The van der Waals surface area contributed by atoms with Crippen LogP contribution in [0.3, 0.4) is 0 Å². The molecule has 0 aromatic carbocycles. The highest BCUT2D eigenvalue weighted by Crippen LogP contribution is 2.29. The first-order valence-corrected chi connectivity index (χ1v) is 4.19. The SMILES string of the molecule is F[B-](F)(F)c1cnn(C2CCC2)n1. The van der Waals surface area contributed by atoms with Crippen LogP contribution in [0, 0.1) is 0 Å². The summed E-state index contributed by atoms with van der Waals surface area (Å²) in [5.74, 6) is 0. The van der Waals surface area contributed by atoms with Gasteiger partial charge in [-0.15, -0.1) is 0 Å². The molecule has 0 saturated heterocycles. The van der Waals surface area contributed by atoms with Gasteiger partial charge in [-0.1, -0.05) is 0 Å². The third-order valence-corrected chi connectivity index (χ3v) is 2.26. The third kappa shape index (κ3) is 1.55. The monoisotopic (exact) mass is 190 g/mol. The number of hydrogen-bond donors (Lipinski definition) is 0. The zero-order chi connectivity index (χ0) is 9.47. The summed E-state index contributed by atoms with van der Waals surface area (Å²) in [6, 6.07) is 0.0897. The summed E-state index contributed by atoms with van der Waals surface area (Å²) in [4.78, 5) is 1.19. The van der Waals surface area contributed by atoms with Gasteiger partial charge in [-0.25, -0.2) is 0 Å². The lowest BCUT2D eigenvalue weighted by Gasteiger charge is -2.24. The molecule has 0 bridgehead atoms. The molecular weight excluding hydrogens is 182 g/mol. The van der Waals surface area contributed by atoms with Crippen LogP contribution < -0.4 is 5.59 Å². The topological polar surface area (TPSA) is 30.7 Å². The van der Waals surface area contributed by atoms with Crippen molar-refractivity contribution < 1.29 is 12.9 Å². The number of aromatic nitrogens is 3. The van der Waals surface area contributed by atoms with Gasteiger partial charge in [0.1, 0.15) is 0 Å². The molecule has 1 aliphatic carbocycles. The van der Waals surface area contributed by atoms with E-state index in [9.17, 15) is 12.9 Å². The first kappa shape index (κ1) is 8.59. The molecule has 0 radical (unpaired) electrons. The largest absolute Gasteiger partial charge is 0.531 e. The van der Waals surface area contributed by atoms with Crippen LogP contribution in [0.4, 0.5) is 12.9 Å².